The third-order valence-electron chi connectivity index (χ3n) is 4.42. The van der Waals surface area contributed by atoms with Crippen LogP contribution < -0.4 is 15.4 Å². The SMILES string of the molecule is CN=C(NCCc1cc(C)ccc1OC)NCc1cccc(-c2ncn[nH]2)c1.I. The van der Waals surface area contributed by atoms with Crippen molar-refractivity contribution in [2.45, 2.75) is 19.9 Å². The lowest BCUT2D eigenvalue weighted by atomic mass is 10.1. The largest absolute Gasteiger partial charge is 0.496 e. The number of rotatable bonds is 7. The van der Waals surface area contributed by atoms with Crippen molar-refractivity contribution >= 4 is 29.9 Å². The first-order chi connectivity index (χ1) is 13.7. The number of nitrogens with zero attached hydrogens (tertiary/aromatic N) is 3. The minimum atomic E-state index is 0. The zero-order valence-electron chi connectivity index (χ0n) is 16.9. The average Bonchev–Trinajstić information content (AvgIpc) is 3.26. The van der Waals surface area contributed by atoms with Crippen LogP contribution in [0.25, 0.3) is 11.4 Å². The van der Waals surface area contributed by atoms with E-state index in [4.69, 9.17) is 4.74 Å². The molecular formula is C21H27IN6O. The number of hydrogen-bond acceptors (Lipinski definition) is 4. The molecule has 0 aliphatic heterocycles. The predicted molar refractivity (Wildman–Crippen MR) is 127 cm³/mol. The molecule has 0 spiro atoms. The van der Waals surface area contributed by atoms with Crippen molar-refractivity contribution in [3.8, 4) is 17.1 Å². The van der Waals surface area contributed by atoms with Crippen LogP contribution in [0.5, 0.6) is 5.75 Å². The molecule has 0 fully saturated rings. The van der Waals surface area contributed by atoms with E-state index in [1.807, 2.05) is 18.2 Å². The molecule has 0 saturated carbocycles. The van der Waals surface area contributed by atoms with E-state index in [0.717, 1.165) is 41.6 Å². The van der Waals surface area contributed by atoms with Gasteiger partial charge < -0.3 is 15.4 Å². The van der Waals surface area contributed by atoms with Crippen molar-refractivity contribution < 1.29 is 4.74 Å². The third-order valence-corrected chi connectivity index (χ3v) is 4.42. The number of hydrogen-bond donors (Lipinski definition) is 3. The van der Waals surface area contributed by atoms with E-state index in [-0.39, 0.29) is 24.0 Å². The Morgan fingerprint density at radius 1 is 1.17 bits per heavy atom. The molecule has 1 aromatic heterocycles. The Morgan fingerprint density at radius 2 is 2.03 bits per heavy atom. The molecule has 0 atom stereocenters. The molecule has 154 valence electrons. The lowest BCUT2D eigenvalue weighted by Gasteiger charge is -2.14. The highest BCUT2D eigenvalue weighted by Crippen LogP contribution is 2.19. The number of methoxy groups -OCH3 is 1. The summed E-state index contributed by atoms with van der Waals surface area (Å²) >= 11 is 0. The molecule has 7 nitrogen and oxygen atoms in total. The molecule has 3 N–H and O–H groups in total. The zero-order chi connectivity index (χ0) is 19.8. The number of H-pyrrole nitrogens is 1. The number of benzene rings is 2. The topological polar surface area (TPSA) is 87.2 Å². The van der Waals surface area contributed by atoms with Crippen molar-refractivity contribution in [1.29, 1.82) is 0 Å². The van der Waals surface area contributed by atoms with Gasteiger partial charge in [0, 0.05) is 25.7 Å². The van der Waals surface area contributed by atoms with E-state index in [2.05, 4.69) is 62.0 Å². The van der Waals surface area contributed by atoms with E-state index < -0.39 is 0 Å². The molecule has 3 aromatic rings. The number of guanidine groups is 1. The van der Waals surface area contributed by atoms with Gasteiger partial charge in [-0.25, -0.2) is 4.98 Å². The smallest absolute Gasteiger partial charge is 0.191 e. The van der Waals surface area contributed by atoms with Crippen molar-refractivity contribution in [3.63, 3.8) is 0 Å². The number of nitrogens with one attached hydrogen (secondary N) is 3. The molecule has 0 bridgehead atoms. The fraction of sp³-hybridized carbons (Fsp3) is 0.286. The Bertz CT molecular complexity index is 927. The van der Waals surface area contributed by atoms with Gasteiger partial charge in [-0.1, -0.05) is 35.9 Å². The van der Waals surface area contributed by atoms with Gasteiger partial charge in [-0.2, -0.15) is 5.10 Å². The van der Waals surface area contributed by atoms with E-state index in [0.29, 0.717) is 6.54 Å². The number of aromatic nitrogens is 3. The highest BCUT2D eigenvalue weighted by Gasteiger charge is 2.05. The van der Waals surface area contributed by atoms with Gasteiger partial charge in [0.15, 0.2) is 11.8 Å². The van der Waals surface area contributed by atoms with Crippen molar-refractivity contribution in [3.05, 3.63) is 65.5 Å². The molecule has 1 heterocycles. The second-order valence-corrected chi connectivity index (χ2v) is 6.45. The van der Waals surface area contributed by atoms with Crippen LogP contribution in [0.3, 0.4) is 0 Å². The quantitative estimate of drug-likeness (QED) is 0.260. The van der Waals surface area contributed by atoms with Crippen LogP contribution in [0.15, 0.2) is 53.8 Å². The summed E-state index contributed by atoms with van der Waals surface area (Å²) in [6, 6.07) is 14.4. The number of aromatic amines is 1. The fourth-order valence-corrected chi connectivity index (χ4v) is 3.00. The molecule has 0 unspecified atom stereocenters. The Labute approximate surface area is 188 Å². The van der Waals surface area contributed by atoms with Crippen LogP contribution in [0.2, 0.25) is 0 Å². The van der Waals surface area contributed by atoms with Gasteiger partial charge in [0.25, 0.3) is 0 Å². The van der Waals surface area contributed by atoms with Crippen LogP contribution in [-0.2, 0) is 13.0 Å². The van der Waals surface area contributed by atoms with Crippen LogP contribution >= 0.6 is 24.0 Å². The molecule has 0 radical (unpaired) electrons. The van der Waals surface area contributed by atoms with Gasteiger partial charge in [0.05, 0.1) is 7.11 Å². The summed E-state index contributed by atoms with van der Waals surface area (Å²) in [6.07, 6.45) is 2.36. The van der Waals surface area contributed by atoms with Crippen molar-refractivity contribution in [1.82, 2.24) is 25.8 Å². The summed E-state index contributed by atoms with van der Waals surface area (Å²) < 4.78 is 5.45. The molecule has 8 heteroatoms. The Morgan fingerprint density at radius 3 is 2.76 bits per heavy atom. The minimum absolute atomic E-state index is 0. The summed E-state index contributed by atoms with van der Waals surface area (Å²) in [4.78, 5) is 8.50. The van der Waals surface area contributed by atoms with Crippen LogP contribution in [-0.4, -0.2) is 41.8 Å². The van der Waals surface area contributed by atoms with Gasteiger partial charge >= 0.3 is 0 Å². The average molecular weight is 506 g/mol. The zero-order valence-corrected chi connectivity index (χ0v) is 19.2. The van der Waals surface area contributed by atoms with E-state index in [9.17, 15) is 0 Å². The van der Waals surface area contributed by atoms with Gasteiger partial charge in [-0.15, -0.1) is 24.0 Å². The van der Waals surface area contributed by atoms with Crippen LogP contribution in [0.4, 0.5) is 0 Å². The van der Waals surface area contributed by atoms with Gasteiger partial charge in [0.2, 0.25) is 0 Å². The van der Waals surface area contributed by atoms with E-state index in [1.54, 1.807) is 14.2 Å². The first kappa shape index (κ1) is 22.7. The van der Waals surface area contributed by atoms with Crippen LogP contribution in [0.1, 0.15) is 16.7 Å². The maximum absolute atomic E-state index is 5.45. The molecule has 29 heavy (non-hydrogen) atoms. The lowest BCUT2D eigenvalue weighted by molar-refractivity contribution is 0.409. The van der Waals surface area contributed by atoms with Crippen molar-refractivity contribution in [2.24, 2.45) is 4.99 Å². The third kappa shape index (κ3) is 6.45. The fourth-order valence-electron chi connectivity index (χ4n) is 3.00. The lowest BCUT2D eigenvalue weighted by Crippen LogP contribution is -2.37. The first-order valence-corrected chi connectivity index (χ1v) is 9.22. The summed E-state index contributed by atoms with van der Waals surface area (Å²) in [5, 5.41) is 13.5. The minimum Gasteiger partial charge on any atom is -0.496 e. The Balaban J connectivity index is 0.00000300. The Kier molecular flexibility index (Phi) is 8.91. The standard InChI is InChI=1S/C21H26N6O.HI/c1-15-7-8-19(28-3)17(11-15)9-10-23-21(22-2)24-13-16-5-4-6-18(12-16)20-25-14-26-27-20;/h4-8,11-12,14H,9-10,13H2,1-3H3,(H2,22,23,24)(H,25,26,27);1H. The van der Waals surface area contributed by atoms with Crippen molar-refractivity contribution in [2.75, 3.05) is 20.7 Å². The normalized spacial score (nSPS) is 10.9. The number of halogens is 1. The second kappa shape index (κ2) is 11.4. The van der Waals surface area contributed by atoms with Gasteiger partial charge in [-0.3, -0.25) is 10.1 Å². The van der Waals surface area contributed by atoms with Gasteiger partial charge in [0.1, 0.15) is 12.1 Å². The maximum Gasteiger partial charge on any atom is 0.191 e. The number of aliphatic imine (C=N–C) groups is 1. The number of aryl methyl sites for hydroxylation is 1. The highest BCUT2D eigenvalue weighted by molar-refractivity contribution is 14.0. The molecular weight excluding hydrogens is 479 g/mol. The van der Waals surface area contributed by atoms with E-state index in [1.165, 1.54) is 17.5 Å². The predicted octanol–water partition coefficient (Wildman–Crippen LogP) is 3.31. The second-order valence-electron chi connectivity index (χ2n) is 6.45. The summed E-state index contributed by atoms with van der Waals surface area (Å²) in [5.41, 5.74) is 4.55. The first-order valence-electron chi connectivity index (χ1n) is 9.22. The Hall–Kier alpha value is -2.62. The van der Waals surface area contributed by atoms with Crippen LogP contribution in [0, 0.1) is 6.92 Å². The summed E-state index contributed by atoms with van der Waals surface area (Å²) in [7, 11) is 3.47. The van der Waals surface area contributed by atoms with E-state index >= 15 is 0 Å². The molecule has 0 amide bonds. The highest BCUT2D eigenvalue weighted by atomic mass is 127. The van der Waals surface area contributed by atoms with Gasteiger partial charge in [-0.05, 0) is 36.6 Å². The molecule has 0 saturated heterocycles. The molecule has 0 aliphatic carbocycles. The number of ether oxygens (including phenoxy) is 1. The summed E-state index contributed by atoms with van der Waals surface area (Å²) in [6.45, 7) is 3.51. The molecule has 2 aromatic carbocycles. The molecule has 3 rings (SSSR count). The maximum atomic E-state index is 5.45. The molecule has 0 aliphatic rings. The monoisotopic (exact) mass is 506 g/mol. The summed E-state index contributed by atoms with van der Waals surface area (Å²) in [5.74, 6) is 2.44.